The van der Waals surface area contributed by atoms with Crippen molar-refractivity contribution >= 4 is 11.6 Å². The minimum Gasteiger partial charge on any atom is -0.463 e. The van der Waals surface area contributed by atoms with Gasteiger partial charge in [0.05, 0.1) is 12.5 Å². The van der Waals surface area contributed by atoms with Gasteiger partial charge in [0, 0.05) is 5.69 Å². The number of amides is 1. The summed E-state index contributed by atoms with van der Waals surface area (Å²) in [7, 11) is 0. The predicted molar refractivity (Wildman–Crippen MR) is 99.8 cm³/mol. The van der Waals surface area contributed by atoms with E-state index in [1.54, 1.807) is 12.5 Å². The third kappa shape index (κ3) is 5.10. The molecule has 1 amide bonds. The number of nitrogens with one attached hydrogen (secondary N) is 2. The molecular weight excluding hydrogens is 328 g/mol. The second kappa shape index (κ2) is 8.54. The zero-order valence-electron chi connectivity index (χ0n) is 15.2. The first-order valence-electron chi connectivity index (χ1n) is 8.88. The van der Waals surface area contributed by atoms with Crippen molar-refractivity contribution in [3.63, 3.8) is 0 Å². The quantitative estimate of drug-likeness (QED) is 0.654. The molecule has 0 aliphatic heterocycles. The minimum absolute atomic E-state index is 0.0320. The summed E-state index contributed by atoms with van der Waals surface area (Å²) < 4.78 is 10.9. The zero-order valence-corrected chi connectivity index (χ0v) is 15.2. The molecule has 0 bridgehead atoms. The maximum atomic E-state index is 12.5. The summed E-state index contributed by atoms with van der Waals surface area (Å²) in [4.78, 5) is 13.6. The van der Waals surface area contributed by atoms with E-state index in [1.165, 1.54) is 5.56 Å². The molecule has 26 heavy (non-hydrogen) atoms. The molecule has 2 heterocycles. The lowest BCUT2D eigenvalue weighted by atomic mass is 10.0. The van der Waals surface area contributed by atoms with Crippen LogP contribution in [0.15, 0.2) is 69.9 Å². The summed E-state index contributed by atoms with van der Waals surface area (Å²) in [6.45, 7) is 5.87. The normalized spacial score (nSPS) is 11.2. The van der Waals surface area contributed by atoms with Gasteiger partial charge in [-0.2, -0.15) is 0 Å². The maximum absolute atomic E-state index is 12.5. The molecule has 3 rings (SSSR count). The summed E-state index contributed by atoms with van der Waals surface area (Å²) in [6, 6.07) is 15.6. The molecular formula is C21H25N2O3+. The lowest BCUT2D eigenvalue weighted by Gasteiger charge is -2.17. The minimum atomic E-state index is -0.0320. The topological polar surface area (TPSA) is 59.8 Å². The molecule has 0 saturated heterocycles. The van der Waals surface area contributed by atoms with Crippen LogP contribution in [0.3, 0.4) is 0 Å². The molecule has 0 aliphatic rings. The molecule has 0 atom stereocenters. The van der Waals surface area contributed by atoms with Crippen molar-refractivity contribution in [2.75, 3.05) is 11.9 Å². The lowest BCUT2D eigenvalue weighted by molar-refractivity contribution is -0.921. The standard InChI is InChI=1S/C21H24N2O3/c1-16(2)17-7-9-18(10-8-17)22-21(24)15-23(13-19-5-3-11-25-19)14-20-6-4-12-26-20/h3-12,16H,13-15H2,1-2H3,(H,22,24)/p+1. The number of carbonyl (C=O) groups is 1. The monoisotopic (exact) mass is 353 g/mol. The van der Waals surface area contributed by atoms with E-state index < -0.39 is 0 Å². The fourth-order valence-corrected chi connectivity index (χ4v) is 2.89. The van der Waals surface area contributed by atoms with Gasteiger partial charge in [-0.05, 0) is 47.9 Å². The van der Waals surface area contributed by atoms with Crippen LogP contribution < -0.4 is 10.2 Å². The molecule has 2 N–H and O–H groups in total. The van der Waals surface area contributed by atoms with Gasteiger partial charge in [0.25, 0.3) is 5.91 Å². The third-order valence-corrected chi connectivity index (χ3v) is 4.28. The summed E-state index contributed by atoms with van der Waals surface area (Å²) in [5, 5.41) is 2.98. The van der Waals surface area contributed by atoms with Crippen molar-refractivity contribution < 1.29 is 18.5 Å². The number of anilines is 1. The second-order valence-corrected chi connectivity index (χ2v) is 6.76. The van der Waals surface area contributed by atoms with E-state index >= 15 is 0 Å². The van der Waals surface area contributed by atoms with Gasteiger partial charge >= 0.3 is 0 Å². The molecule has 2 aromatic heterocycles. The van der Waals surface area contributed by atoms with E-state index in [0.717, 1.165) is 22.1 Å². The number of hydrogen-bond donors (Lipinski definition) is 2. The Morgan fingerprint density at radius 1 is 0.962 bits per heavy atom. The van der Waals surface area contributed by atoms with Gasteiger partial charge in [0.2, 0.25) is 0 Å². The van der Waals surface area contributed by atoms with Crippen molar-refractivity contribution in [2.45, 2.75) is 32.9 Å². The van der Waals surface area contributed by atoms with E-state index in [-0.39, 0.29) is 5.91 Å². The molecule has 5 heteroatoms. The van der Waals surface area contributed by atoms with Gasteiger partial charge in [-0.3, -0.25) is 4.79 Å². The molecule has 0 saturated carbocycles. The van der Waals surface area contributed by atoms with Crippen LogP contribution in [0.5, 0.6) is 0 Å². The first-order chi connectivity index (χ1) is 12.6. The highest BCUT2D eigenvalue weighted by Gasteiger charge is 2.18. The number of benzene rings is 1. The Bertz CT molecular complexity index is 754. The number of carbonyl (C=O) groups excluding carboxylic acids is 1. The average Bonchev–Trinajstić information content (AvgIpc) is 3.29. The van der Waals surface area contributed by atoms with Crippen LogP contribution >= 0.6 is 0 Å². The van der Waals surface area contributed by atoms with Gasteiger partial charge in [-0.1, -0.05) is 26.0 Å². The van der Waals surface area contributed by atoms with Crippen LogP contribution in [0.4, 0.5) is 5.69 Å². The smallest absolute Gasteiger partial charge is 0.279 e. The molecule has 0 fully saturated rings. The van der Waals surface area contributed by atoms with Crippen LogP contribution in [-0.4, -0.2) is 12.5 Å². The van der Waals surface area contributed by atoms with Gasteiger partial charge in [0.1, 0.15) is 13.1 Å². The Hall–Kier alpha value is -2.79. The fraction of sp³-hybridized carbons (Fsp3) is 0.286. The largest absolute Gasteiger partial charge is 0.463 e. The Morgan fingerprint density at radius 3 is 2.00 bits per heavy atom. The van der Waals surface area contributed by atoms with Gasteiger partial charge in [0.15, 0.2) is 18.1 Å². The Balaban J connectivity index is 1.62. The number of quaternary nitrogens is 1. The highest BCUT2D eigenvalue weighted by molar-refractivity contribution is 5.91. The average molecular weight is 353 g/mol. The van der Waals surface area contributed by atoms with Crippen LogP contribution in [0.1, 0.15) is 36.8 Å². The Labute approximate surface area is 153 Å². The van der Waals surface area contributed by atoms with Crippen molar-refractivity contribution in [3.8, 4) is 0 Å². The first kappa shape index (κ1) is 18.0. The molecule has 0 unspecified atom stereocenters. The van der Waals surface area contributed by atoms with E-state index in [2.05, 4.69) is 31.3 Å². The van der Waals surface area contributed by atoms with Crippen LogP contribution in [-0.2, 0) is 17.9 Å². The molecule has 136 valence electrons. The molecule has 0 aliphatic carbocycles. The summed E-state index contributed by atoms with van der Waals surface area (Å²) in [6.07, 6.45) is 3.30. The Morgan fingerprint density at radius 2 is 1.54 bits per heavy atom. The van der Waals surface area contributed by atoms with E-state index in [4.69, 9.17) is 8.83 Å². The first-order valence-corrected chi connectivity index (χ1v) is 8.88. The molecule has 1 aromatic carbocycles. The SMILES string of the molecule is CC(C)c1ccc(NC(=O)C[NH+](Cc2ccco2)Cc2ccco2)cc1. The van der Waals surface area contributed by atoms with E-state index in [9.17, 15) is 4.79 Å². The second-order valence-electron chi connectivity index (χ2n) is 6.76. The number of rotatable bonds is 8. The fourth-order valence-electron chi connectivity index (χ4n) is 2.89. The van der Waals surface area contributed by atoms with E-state index in [0.29, 0.717) is 25.6 Å². The maximum Gasteiger partial charge on any atom is 0.279 e. The van der Waals surface area contributed by atoms with Crippen LogP contribution in [0, 0.1) is 0 Å². The lowest BCUT2D eigenvalue weighted by Crippen LogP contribution is -3.10. The Kier molecular flexibility index (Phi) is 5.92. The molecule has 0 radical (unpaired) electrons. The highest BCUT2D eigenvalue weighted by atomic mass is 16.3. The number of hydrogen-bond acceptors (Lipinski definition) is 3. The third-order valence-electron chi connectivity index (χ3n) is 4.28. The van der Waals surface area contributed by atoms with Gasteiger partial charge < -0.3 is 19.1 Å². The van der Waals surface area contributed by atoms with Crippen molar-refractivity contribution in [3.05, 3.63) is 78.1 Å². The van der Waals surface area contributed by atoms with Gasteiger partial charge in [-0.15, -0.1) is 0 Å². The predicted octanol–water partition coefficient (Wildman–Crippen LogP) is 3.22. The summed E-state index contributed by atoms with van der Waals surface area (Å²) >= 11 is 0. The van der Waals surface area contributed by atoms with Crippen molar-refractivity contribution in [2.24, 2.45) is 0 Å². The zero-order chi connectivity index (χ0) is 18.4. The van der Waals surface area contributed by atoms with Crippen molar-refractivity contribution in [1.29, 1.82) is 0 Å². The summed E-state index contributed by atoms with van der Waals surface area (Å²) in [5.41, 5.74) is 2.07. The van der Waals surface area contributed by atoms with Crippen LogP contribution in [0.2, 0.25) is 0 Å². The molecule has 3 aromatic rings. The molecule has 0 spiro atoms. The van der Waals surface area contributed by atoms with Crippen molar-refractivity contribution in [1.82, 2.24) is 0 Å². The van der Waals surface area contributed by atoms with E-state index in [1.807, 2.05) is 36.4 Å². The molecule has 5 nitrogen and oxygen atoms in total. The van der Waals surface area contributed by atoms with Crippen LogP contribution in [0.25, 0.3) is 0 Å². The van der Waals surface area contributed by atoms with Gasteiger partial charge in [-0.25, -0.2) is 0 Å². The summed E-state index contributed by atoms with van der Waals surface area (Å²) in [5.74, 6) is 2.14. The highest BCUT2D eigenvalue weighted by Crippen LogP contribution is 2.16. The number of furan rings is 2.